The number of aryl methyl sites for hydroxylation is 1. The van der Waals surface area contributed by atoms with E-state index < -0.39 is 14.9 Å². The number of piperidine rings is 1. The van der Waals surface area contributed by atoms with Crippen LogP contribution in [0, 0.1) is 23.0 Å². The van der Waals surface area contributed by atoms with E-state index in [1.54, 1.807) is 6.92 Å². The van der Waals surface area contributed by atoms with E-state index in [1.165, 1.54) is 16.4 Å². The number of nitrogens with one attached hydrogen (secondary N) is 1. The fourth-order valence-electron chi connectivity index (χ4n) is 3.87. The van der Waals surface area contributed by atoms with Crippen LogP contribution in [0.25, 0.3) is 0 Å². The van der Waals surface area contributed by atoms with E-state index in [4.69, 9.17) is 0 Å². The van der Waals surface area contributed by atoms with E-state index in [9.17, 15) is 23.3 Å². The molecule has 1 aromatic carbocycles. The van der Waals surface area contributed by atoms with E-state index in [0.717, 1.165) is 31.7 Å². The molecule has 0 unspecified atom stereocenters. The first kappa shape index (κ1) is 19.8. The zero-order valence-corrected chi connectivity index (χ0v) is 16.2. The number of nitrogens with zero attached hydrogens (tertiary/aromatic N) is 2. The molecule has 9 heteroatoms. The van der Waals surface area contributed by atoms with Gasteiger partial charge in [0.25, 0.3) is 5.69 Å². The van der Waals surface area contributed by atoms with Crippen LogP contribution in [-0.2, 0) is 14.8 Å². The molecule has 0 bridgehead atoms. The first-order valence-corrected chi connectivity index (χ1v) is 10.8. The Morgan fingerprint density at radius 2 is 1.81 bits per heavy atom. The number of carbonyl (C=O) groups excluding carboxylic acids is 1. The van der Waals surface area contributed by atoms with E-state index in [2.05, 4.69) is 5.32 Å². The number of non-ortho nitro benzene ring substituents is 1. The van der Waals surface area contributed by atoms with Gasteiger partial charge in [-0.1, -0.05) is 18.9 Å². The molecule has 1 aliphatic carbocycles. The van der Waals surface area contributed by atoms with Crippen molar-refractivity contribution in [2.45, 2.75) is 56.4 Å². The molecule has 0 spiro atoms. The van der Waals surface area contributed by atoms with Crippen LogP contribution in [0.2, 0.25) is 0 Å². The normalized spacial score (nSPS) is 19.9. The van der Waals surface area contributed by atoms with Gasteiger partial charge in [-0.05, 0) is 38.2 Å². The number of carbonyl (C=O) groups is 1. The smallest absolute Gasteiger partial charge is 0.270 e. The first-order valence-electron chi connectivity index (χ1n) is 9.34. The quantitative estimate of drug-likeness (QED) is 0.608. The average molecular weight is 395 g/mol. The summed E-state index contributed by atoms with van der Waals surface area (Å²) in [4.78, 5) is 22.7. The summed E-state index contributed by atoms with van der Waals surface area (Å²) in [6, 6.07) is 4.12. The van der Waals surface area contributed by atoms with Crippen LogP contribution in [-0.4, -0.2) is 42.7 Å². The van der Waals surface area contributed by atoms with Gasteiger partial charge < -0.3 is 5.32 Å². The van der Waals surface area contributed by atoms with Crippen molar-refractivity contribution in [3.05, 3.63) is 33.9 Å². The second-order valence-corrected chi connectivity index (χ2v) is 9.28. The highest BCUT2D eigenvalue weighted by atomic mass is 32.2. The SMILES string of the molecule is Cc1ccc([N+](=O)[O-])cc1S(=O)(=O)N1CCC(C(=O)NC2CCCC2)CC1. The van der Waals surface area contributed by atoms with Gasteiger partial charge in [0.2, 0.25) is 15.9 Å². The number of amides is 1. The van der Waals surface area contributed by atoms with Crippen LogP contribution in [0.4, 0.5) is 5.69 Å². The summed E-state index contributed by atoms with van der Waals surface area (Å²) in [7, 11) is -3.82. The Morgan fingerprint density at radius 3 is 2.41 bits per heavy atom. The highest BCUT2D eigenvalue weighted by Gasteiger charge is 2.34. The topological polar surface area (TPSA) is 110 Å². The molecule has 1 heterocycles. The fourth-order valence-corrected chi connectivity index (χ4v) is 5.58. The van der Waals surface area contributed by atoms with Crippen molar-refractivity contribution in [3.63, 3.8) is 0 Å². The third-order valence-electron chi connectivity index (χ3n) is 5.53. The summed E-state index contributed by atoms with van der Waals surface area (Å²) >= 11 is 0. The number of sulfonamides is 1. The summed E-state index contributed by atoms with van der Waals surface area (Å²) in [5.74, 6) is -0.159. The molecule has 1 aliphatic heterocycles. The molecule has 1 amide bonds. The van der Waals surface area contributed by atoms with Crippen LogP contribution in [0.5, 0.6) is 0 Å². The van der Waals surface area contributed by atoms with Crippen molar-refractivity contribution in [1.29, 1.82) is 0 Å². The summed E-state index contributed by atoms with van der Waals surface area (Å²) < 4.78 is 27.2. The van der Waals surface area contributed by atoms with Crippen molar-refractivity contribution in [3.8, 4) is 0 Å². The zero-order chi connectivity index (χ0) is 19.6. The van der Waals surface area contributed by atoms with Crippen molar-refractivity contribution >= 4 is 21.6 Å². The lowest BCUT2D eigenvalue weighted by molar-refractivity contribution is -0.385. The number of hydrogen-bond acceptors (Lipinski definition) is 5. The fraction of sp³-hybridized carbons (Fsp3) is 0.611. The van der Waals surface area contributed by atoms with Gasteiger partial charge in [0.1, 0.15) is 0 Å². The molecule has 1 aromatic rings. The van der Waals surface area contributed by atoms with E-state index in [1.807, 2.05) is 0 Å². The maximum Gasteiger partial charge on any atom is 0.270 e. The molecule has 2 fully saturated rings. The molecule has 2 aliphatic rings. The van der Waals surface area contributed by atoms with Gasteiger partial charge in [-0.2, -0.15) is 4.31 Å². The second kappa shape index (κ2) is 7.93. The summed E-state index contributed by atoms with van der Waals surface area (Å²) in [5, 5.41) is 14.1. The first-order chi connectivity index (χ1) is 12.8. The Hall–Kier alpha value is -2.00. The number of nitro groups is 1. The van der Waals surface area contributed by atoms with Crippen LogP contribution in [0.3, 0.4) is 0 Å². The van der Waals surface area contributed by atoms with Crippen LogP contribution < -0.4 is 5.32 Å². The van der Waals surface area contributed by atoms with Crippen LogP contribution >= 0.6 is 0 Å². The van der Waals surface area contributed by atoms with Gasteiger partial charge in [0.05, 0.1) is 9.82 Å². The van der Waals surface area contributed by atoms with Gasteiger partial charge in [-0.15, -0.1) is 0 Å². The van der Waals surface area contributed by atoms with Gasteiger partial charge in [0.15, 0.2) is 0 Å². The molecular weight excluding hydrogens is 370 g/mol. The monoisotopic (exact) mass is 395 g/mol. The standard InChI is InChI=1S/C18H25N3O5S/c1-13-6-7-16(21(23)24)12-17(13)27(25,26)20-10-8-14(9-11-20)18(22)19-15-4-2-3-5-15/h6-7,12,14-15H,2-5,8-11H2,1H3,(H,19,22). The number of benzene rings is 1. The van der Waals surface area contributed by atoms with E-state index in [0.29, 0.717) is 18.4 Å². The van der Waals surface area contributed by atoms with E-state index >= 15 is 0 Å². The number of nitro benzene ring substituents is 1. The highest BCUT2D eigenvalue weighted by Crippen LogP contribution is 2.28. The summed E-state index contributed by atoms with van der Waals surface area (Å²) in [5.41, 5.74) is 0.228. The number of rotatable bonds is 5. The maximum absolute atomic E-state index is 12.9. The third-order valence-corrected chi connectivity index (χ3v) is 7.57. The Balaban J connectivity index is 1.67. The molecular formula is C18H25N3O5S. The lowest BCUT2D eigenvalue weighted by atomic mass is 9.97. The Kier molecular flexibility index (Phi) is 5.81. The minimum absolute atomic E-state index is 0.0190. The summed E-state index contributed by atoms with van der Waals surface area (Å²) in [6.07, 6.45) is 5.25. The molecule has 0 radical (unpaired) electrons. The third kappa shape index (κ3) is 4.30. The summed E-state index contributed by atoms with van der Waals surface area (Å²) in [6.45, 7) is 2.11. The Morgan fingerprint density at radius 1 is 1.19 bits per heavy atom. The lowest BCUT2D eigenvalue weighted by Crippen LogP contribution is -2.44. The molecule has 148 valence electrons. The maximum atomic E-state index is 12.9. The molecule has 1 saturated carbocycles. The molecule has 1 saturated heterocycles. The molecule has 27 heavy (non-hydrogen) atoms. The molecule has 1 N–H and O–H groups in total. The highest BCUT2D eigenvalue weighted by molar-refractivity contribution is 7.89. The second-order valence-electron chi connectivity index (χ2n) is 7.38. The van der Waals surface area contributed by atoms with Crippen LogP contribution in [0.1, 0.15) is 44.1 Å². The van der Waals surface area contributed by atoms with E-state index in [-0.39, 0.29) is 41.5 Å². The molecule has 0 atom stereocenters. The average Bonchev–Trinajstić information content (AvgIpc) is 3.14. The van der Waals surface area contributed by atoms with Gasteiger partial charge in [-0.3, -0.25) is 14.9 Å². The van der Waals surface area contributed by atoms with Gasteiger partial charge in [-0.25, -0.2) is 8.42 Å². The van der Waals surface area contributed by atoms with Crippen LogP contribution in [0.15, 0.2) is 23.1 Å². The van der Waals surface area contributed by atoms with Gasteiger partial charge in [0, 0.05) is 37.2 Å². The minimum atomic E-state index is -3.82. The van der Waals surface area contributed by atoms with Gasteiger partial charge >= 0.3 is 0 Å². The Labute approximate surface area is 159 Å². The molecule has 0 aromatic heterocycles. The minimum Gasteiger partial charge on any atom is -0.353 e. The lowest BCUT2D eigenvalue weighted by Gasteiger charge is -2.31. The van der Waals surface area contributed by atoms with Crippen molar-refractivity contribution in [1.82, 2.24) is 9.62 Å². The predicted octanol–water partition coefficient (Wildman–Crippen LogP) is 2.36. The largest absolute Gasteiger partial charge is 0.353 e. The van der Waals surface area contributed by atoms with Crippen molar-refractivity contribution < 1.29 is 18.1 Å². The predicted molar refractivity (Wildman–Crippen MR) is 99.7 cm³/mol. The van der Waals surface area contributed by atoms with Crippen molar-refractivity contribution in [2.24, 2.45) is 5.92 Å². The van der Waals surface area contributed by atoms with Crippen molar-refractivity contribution in [2.75, 3.05) is 13.1 Å². The Bertz CT molecular complexity index is 825. The molecule has 3 rings (SSSR count). The zero-order valence-electron chi connectivity index (χ0n) is 15.4. The molecule has 8 nitrogen and oxygen atoms in total. The number of hydrogen-bond donors (Lipinski definition) is 1.